The Labute approximate surface area is 499 Å². The van der Waals surface area contributed by atoms with Crippen LogP contribution in [0.1, 0.15) is 90.0 Å². The van der Waals surface area contributed by atoms with Gasteiger partial charge in [0.05, 0.1) is 38.7 Å². The fourth-order valence-corrected chi connectivity index (χ4v) is 13.1. The second-order valence-electron chi connectivity index (χ2n) is 25.6. The summed E-state index contributed by atoms with van der Waals surface area (Å²) in [6.45, 7) is 19.9. The number of anilines is 6. The third kappa shape index (κ3) is 8.10. The van der Waals surface area contributed by atoms with Crippen LogP contribution in [0, 0.1) is 0 Å². The molecule has 13 aromatic rings. The van der Waals surface area contributed by atoms with Gasteiger partial charge in [-0.15, -0.1) is 0 Å². The van der Waals surface area contributed by atoms with Gasteiger partial charge in [-0.1, -0.05) is 226 Å². The molecule has 0 N–H and O–H groups in total. The average molecular weight is 1080 g/mol. The topological polar surface area (TPSA) is 16.3 Å². The lowest BCUT2D eigenvalue weighted by Gasteiger charge is -2.44. The minimum Gasteiger partial charge on any atom is -0.311 e. The van der Waals surface area contributed by atoms with Crippen molar-refractivity contribution >= 4 is 101 Å². The third-order valence-corrected chi connectivity index (χ3v) is 17.4. The molecule has 0 saturated carbocycles. The minimum absolute atomic E-state index is 0.0316. The van der Waals surface area contributed by atoms with Gasteiger partial charge >= 0.3 is 0 Å². The number of hydrogen-bond donors (Lipinski definition) is 0. The zero-order chi connectivity index (χ0) is 63.6. The molecule has 15 rings (SSSR count). The van der Waals surface area contributed by atoms with Crippen LogP contribution < -0.4 is 26.2 Å². The number of hydrogen-bond acceptors (Lipinski definition) is 2. The van der Waals surface area contributed by atoms with Gasteiger partial charge in [-0.25, -0.2) is 0 Å². The van der Waals surface area contributed by atoms with Crippen LogP contribution in [0.15, 0.2) is 242 Å². The summed E-state index contributed by atoms with van der Waals surface area (Å²) in [6.07, 6.45) is 0. The first kappa shape index (κ1) is 42.5. The van der Waals surface area contributed by atoms with E-state index in [-0.39, 0.29) is 68.9 Å². The molecular formula is C78H67BN4. The quantitative estimate of drug-likeness (QED) is 0.154. The van der Waals surface area contributed by atoms with Crippen molar-refractivity contribution in [1.82, 2.24) is 9.13 Å². The highest BCUT2D eigenvalue weighted by Gasteiger charge is 2.44. The maximum absolute atomic E-state index is 9.52. The lowest BCUT2D eigenvalue weighted by molar-refractivity contribution is 0.569. The Morgan fingerprint density at radius 3 is 1.35 bits per heavy atom. The maximum atomic E-state index is 9.52. The van der Waals surface area contributed by atoms with E-state index < -0.39 is 24.2 Å². The second kappa shape index (κ2) is 18.6. The molecule has 4 nitrogen and oxygen atoms in total. The molecule has 0 bridgehead atoms. The Kier molecular flexibility index (Phi) is 9.53. The minimum atomic E-state index is -0.483. The van der Waals surface area contributed by atoms with E-state index in [4.69, 9.17) is 5.48 Å². The molecular weight excluding hydrogens is 1000 g/mol. The number of fused-ring (bicyclic) bond motifs is 10. The van der Waals surface area contributed by atoms with Gasteiger partial charge in [0.2, 0.25) is 0 Å². The van der Waals surface area contributed by atoms with E-state index in [1.165, 1.54) is 27.5 Å². The molecule has 0 saturated heterocycles. The van der Waals surface area contributed by atoms with E-state index in [0.29, 0.717) is 5.69 Å². The van der Waals surface area contributed by atoms with E-state index in [1.54, 1.807) is 4.57 Å². The normalized spacial score (nSPS) is 14.6. The average Bonchev–Trinajstić information content (AvgIpc) is 1.69. The van der Waals surface area contributed by atoms with Crippen molar-refractivity contribution in [1.29, 1.82) is 0 Å². The molecule has 0 amide bonds. The Morgan fingerprint density at radius 1 is 0.325 bits per heavy atom. The summed E-state index contributed by atoms with van der Waals surface area (Å²) in [5.74, 6) is 0. The molecule has 0 radical (unpaired) electrons. The molecule has 0 aliphatic carbocycles. The summed E-state index contributed by atoms with van der Waals surface area (Å²) in [4.78, 5) is 4.76. The van der Waals surface area contributed by atoms with E-state index in [1.807, 2.05) is 12.1 Å². The fourth-order valence-electron chi connectivity index (χ4n) is 13.1. The number of rotatable bonds is 6. The largest absolute Gasteiger partial charge is 0.311 e. The van der Waals surface area contributed by atoms with Crippen LogP contribution in [-0.4, -0.2) is 15.8 Å². The van der Waals surface area contributed by atoms with E-state index in [2.05, 4.69) is 259 Å². The molecule has 11 aromatic carbocycles. The first-order chi connectivity index (χ1) is 43.4. The highest BCUT2D eigenvalue weighted by molar-refractivity contribution is 7.00. The fraction of sp³-hybridized carbons (Fsp3) is 0.154. The Bertz CT molecular complexity index is 5080. The molecule has 5 heteroatoms. The summed E-state index contributed by atoms with van der Waals surface area (Å²) < 4.78 is 77.3. The number of para-hydroxylation sites is 5. The highest BCUT2D eigenvalue weighted by atomic mass is 15.2. The third-order valence-electron chi connectivity index (χ3n) is 17.4. The Balaban J connectivity index is 1.02. The van der Waals surface area contributed by atoms with Crippen molar-refractivity contribution in [2.45, 2.75) is 78.6 Å². The summed E-state index contributed by atoms with van der Waals surface area (Å²) in [7, 11) is 0. The smallest absolute Gasteiger partial charge is 0.252 e. The van der Waals surface area contributed by atoms with Crippen LogP contribution in [0.3, 0.4) is 0 Å². The van der Waals surface area contributed by atoms with Crippen LogP contribution >= 0.6 is 0 Å². The van der Waals surface area contributed by atoms with Crippen molar-refractivity contribution in [2.24, 2.45) is 0 Å². The van der Waals surface area contributed by atoms with E-state index in [9.17, 15) is 5.48 Å². The zero-order valence-electron chi connectivity index (χ0n) is 56.3. The molecule has 402 valence electrons. The summed E-state index contributed by atoms with van der Waals surface area (Å²) >= 11 is 0. The van der Waals surface area contributed by atoms with Gasteiger partial charge in [0, 0.05) is 66.9 Å². The van der Waals surface area contributed by atoms with Gasteiger partial charge in [0.25, 0.3) is 6.71 Å². The van der Waals surface area contributed by atoms with Gasteiger partial charge in [-0.2, -0.15) is 0 Å². The summed E-state index contributed by atoms with van der Waals surface area (Å²) in [5, 5.41) is 2.40. The molecule has 0 atom stereocenters. The Morgan fingerprint density at radius 2 is 0.783 bits per heavy atom. The van der Waals surface area contributed by atoms with Crippen molar-refractivity contribution in [3.63, 3.8) is 0 Å². The summed E-state index contributed by atoms with van der Waals surface area (Å²) in [6, 6.07) is 66.9. The van der Waals surface area contributed by atoms with Gasteiger partial charge in [0.1, 0.15) is 0 Å². The highest BCUT2D eigenvalue weighted by Crippen LogP contribution is 2.48. The van der Waals surface area contributed by atoms with Crippen molar-refractivity contribution in [2.75, 3.05) is 9.80 Å². The van der Waals surface area contributed by atoms with Crippen molar-refractivity contribution < 1.29 is 11.0 Å². The molecule has 2 aromatic heterocycles. The SMILES string of the molecule is [2H]c1c([2H])c([2H])c2c(c1[2H])c1c([2H])c([2H])c([2H])c([2H])c1n2-c1ccc2c(c1)N(c1ccc(-c3cc(C(C)(C)C)cc(C(C)(C)C)c3)cc1)c1cccc3c1B2c1ccc(-n2c4ccccc4c4ccccc42)cc1N3c1ccccc1-c1ccc(C(C)(C)C)cc1. The van der Waals surface area contributed by atoms with Crippen LogP contribution in [0.2, 0.25) is 0 Å². The van der Waals surface area contributed by atoms with Crippen molar-refractivity contribution in [3.05, 3.63) is 259 Å². The lowest BCUT2D eigenvalue weighted by Crippen LogP contribution is -2.61. The predicted octanol–water partition coefficient (Wildman–Crippen LogP) is 19.2. The van der Waals surface area contributed by atoms with Gasteiger partial charge in [-0.05, 0) is 145 Å². The molecule has 2 aliphatic heterocycles. The van der Waals surface area contributed by atoms with Gasteiger partial charge < -0.3 is 18.9 Å². The number of nitrogens with zero attached hydrogens (tertiary/aromatic N) is 4. The van der Waals surface area contributed by atoms with Crippen LogP contribution in [-0.2, 0) is 16.2 Å². The Hall–Kier alpha value is -9.32. The zero-order valence-corrected chi connectivity index (χ0v) is 48.3. The number of aromatic nitrogens is 2. The van der Waals surface area contributed by atoms with Crippen LogP contribution in [0.5, 0.6) is 0 Å². The molecule has 4 heterocycles. The molecule has 0 fully saturated rings. The predicted molar refractivity (Wildman–Crippen MR) is 356 cm³/mol. The van der Waals surface area contributed by atoms with Gasteiger partial charge in [0.15, 0.2) is 0 Å². The van der Waals surface area contributed by atoms with Crippen LogP contribution in [0.25, 0.3) is 77.2 Å². The number of benzene rings is 11. The molecule has 0 unspecified atom stereocenters. The van der Waals surface area contributed by atoms with E-state index in [0.717, 1.165) is 89.5 Å². The first-order valence-electron chi connectivity index (χ1n) is 32.9. The van der Waals surface area contributed by atoms with Crippen LogP contribution in [0.4, 0.5) is 34.1 Å². The van der Waals surface area contributed by atoms with Gasteiger partial charge in [-0.3, -0.25) is 0 Å². The maximum Gasteiger partial charge on any atom is 0.252 e. The summed E-state index contributed by atoms with van der Waals surface area (Å²) in [5.41, 5.74) is 20.5. The monoisotopic (exact) mass is 1080 g/mol. The van der Waals surface area contributed by atoms with E-state index >= 15 is 0 Å². The standard InChI is InChI=1S/C78H67BN4/c1-76(2,3)53-37-33-51(34-38-53)59-21-10-15-26-66(59)83-72-32-20-31-71-75(72)79(65-44-42-58(49-74(65)83)82-69-29-18-13-24-62(69)63-25-14-19-30-70(63)82)64-43-41-57(81-67-27-16-11-22-60(67)61-23-12-17-28-68(61)81)48-73(64)80(71)56-39-35-50(36-40-56)52-45-54(77(4,5)6)47-55(46-52)78(7,8)9/h10-49H,1-9H3/i11D,12D,16D,17D,22D,23D,27D,28D. The second-order valence-corrected chi connectivity index (χ2v) is 25.6. The first-order valence-corrected chi connectivity index (χ1v) is 28.9. The molecule has 0 spiro atoms. The molecule has 83 heavy (non-hydrogen) atoms. The molecule has 2 aliphatic rings. The van der Waals surface area contributed by atoms with Crippen molar-refractivity contribution in [3.8, 4) is 33.6 Å². The lowest BCUT2D eigenvalue weighted by atomic mass is 9.33.